The summed E-state index contributed by atoms with van der Waals surface area (Å²) in [7, 11) is 1.70. The summed E-state index contributed by atoms with van der Waals surface area (Å²) in [6.07, 6.45) is 5.21. The van der Waals surface area contributed by atoms with Crippen LogP contribution in [0.5, 0.6) is 0 Å². The first-order chi connectivity index (χ1) is 8.64. The second-order valence-electron chi connectivity index (χ2n) is 5.40. The van der Waals surface area contributed by atoms with Crippen molar-refractivity contribution in [2.75, 3.05) is 26.8 Å². The molecule has 0 radical (unpaired) electrons. The number of hydrogen-bond acceptors (Lipinski definition) is 3. The number of nitrogens with one attached hydrogen (secondary N) is 2. The highest BCUT2D eigenvalue weighted by atomic mass is 35.5. The molecule has 0 aromatic rings. The highest BCUT2D eigenvalue weighted by Gasteiger charge is 2.40. The van der Waals surface area contributed by atoms with E-state index in [1.165, 1.54) is 12.8 Å². The number of amides is 1. The van der Waals surface area contributed by atoms with Crippen molar-refractivity contribution < 1.29 is 9.53 Å². The van der Waals surface area contributed by atoms with E-state index < -0.39 is 0 Å². The third kappa shape index (κ3) is 5.67. The van der Waals surface area contributed by atoms with Crippen LogP contribution in [0.15, 0.2) is 0 Å². The Hall–Kier alpha value is -0.320. The molecule has 1 aliphatic rings. The molecule has 1 rings (SSSR count). The zero-order valence-corrected chi connectivity index (χ0v) is 13.3. The fourth-order valence-corrected chi connectivity index (χ4v) is 2.79. The molecule has 0 aliphatic heterocycles. The standard InChI is InChI=1S/C14H28N2O2.ClH/c1-4-15-12(2)11-16-13(17)14(9-10-18-3)7-5-6-8-14;/h12,15H,4-11H2,1-3H3,(H,16,17);1H/t12-;/m1./s1. The molecule has 1 aliphatic carbocycles. The predicted octanol–water partition coefficient (Wildman–Crippen LogP) is 2.12. The molecule has 0 aromatic heterocycles. The maximum absolute atomic E-state index is 12.4. The lowest BCUT2D eigenvalue weighted by atomic mass is 9.82. The molecule has 0 aromatic carbocycles. The van der Waals surface area contributed by atoms with E-state index in [1.54, 1.807) is 7.11 Å². The average molecular weight is 293 g/mol. The Morgan fingerprint density at radius 2 is 2.00 bits per heavy atom. The van der Waals surface area contributed by atoms with Crippen molar-refractivity contribution in [3.8, 4) is 0 Å². The summed E-state index contributed by atoms with van der Waals surface area (Å²) in [6.45, 7) is 6.50. The van der Waals surface area contributed by atoms with Gasteiger partial charge in [0, 0.05) is 26.3 Å². The van der Waals surface area contributed by atoms with E-state index >= 15 is 0 Å². The van der Waals surface area contributed by atoms with Crippen LogP contribution >= 0.6 is 12.4 Å². The number of halogens is 1. The summed E-state index contributed by atoms with van der Waals surface area (Å²) in [5, 5.41) is 6.41. The zero-order chi connectivity index (χ0) is 13.4. The van der Waals surface area contributed by atoms with Gasteiger partial charge in [0.25, 0.3) is 0 Å². The van der Waals surface area contributed by atoms with E-state index in [9.17, 15) is 4.79 Å². The SMILES string of the molecule is CCN[C@H](C)CNC(=O)C1(CCOC)CCCC1.Cl. The number of carbonyl (C=O) groups is 1. The second-order valence-corrected chi connectivity index (χ2v) is 5.40. The number of likely N-dealkylation sites (N-methyl/N-ethyl adjacent to an activating group) is 1. The minimum Gasteiger partial charge on any atom is -0.385 e. The Kier molecular flexibility index (Phi) is 9.40. The quantitative estimate of drug-likeness (QED) is 0.720. The van der Waals surface area contributed by atoms with Crippen molar-refractivity contribution in [2.24, 2.45) is 5.41 Å². The van der Waals surface area contributed by atoms with E-state index in [2.05, 4.69) is 24.5 Å². The van der Waals surface area contributed by atoms with Gasteiger partial charge < -0.3 is 15.4 Å². The molecule has 114 valence electrons. The van der Waals surface area contributed by atoms with Crippen molar-refractivity contribution in [1.82, 2.24) is 10.6 Å². The Labute approximate surface area is 123 Å². The molecular weight excluding hydrogens is 264 g/mol. The van der Waals surface area contributed by atoms with Crippen molar-refractivity contribution >= 4 is 18.3 Å². The van der Waals surface area contributed by atoms with Crippen LogP contribution in [0.2, 0.25) is 0 Å². The number of rotatable bonds is 8. The lowest BCUT2D eigenvalue weighted by molar-refractivity contribution is -0.132. The van der Waals surface area contributed by atoms with Gasteiger partial charge in [-0.05, 0) is 32.7 Å². The monoisotopic (exact) mass is 292 g/mol. The highest BCUT2D eigenvalue weighted by molar-refractivity contribution is 5.85. The van der Waals surface area contributed by atoms with Crippen LogP contribution in [0.4, 0.5) is 0 Å². The predicted molar refractivity (Wildman–Crippen MR) is 80.8 cm³/mol. The van der Waals surface area contributed by atoms with Gasteiger partial charge in [-0.2, -0.15) is 0 Å². The van der Waals surface area contributed by atoms with E-state index in [4.69, 9.17) is 4.74 Å². The molecule has 0 saturated heterocycles. The fourth-order valence-electron chi connectivity index (χ4n) is 2.79. The summed E-state index contributed by atoms with van der Waals surface area (Å²) < 4.78 is 5.15. The first kappa shape index (κ1) is 18.7. The van der Waals surface area contributed by atoms with Crippen LogP contribution in [-0.4, -0.2) is 38.8 Å². The molecule has 0 spiro atoms. The summed E-state index contributed by atoms with van der Waals surface area (Å²) in [5.74, 6) is 0.224. The summed E-state index contributed by atoms with van der Waals surface area (Å²) >= 11 is 0. The molecule has 0 bridgehead atoms. The molecular formula is C14H29ClN2O2. The van der Waals surface area contributed by atoms with E-state index in [0.29, 0.717) is 19.2 Å². The Balaban J connectivity index is 0.00000324. The number of ether oxygens (including phenoxy) is 1. The van der Waals surface area contributed by atoms with Crippen LogP contribution in [-0.2, 0) is 9.53 Å². The molecule has 1 amide bonds. The van der Waals surface area contributed by atoms with Gasteiger partial charge >= 0.3 is 0 Å². The number of methoxy groups -OCH3 is 1. The number of carbonyl (C=O) groups excluding carboxylic acids is 1. The van der Waals surface area contributed by atoms with E-state index in [1.807, 2.05) is 0 Å². The smallest absolute Gasteiger partial charge is 0.226 e. The molecule has 5 heteroatoms. The lowest BCUT2D eigenvalue weighted by Gasteiger charge is -2.28. The van der Waals surface area contributed by atoms with E-state index in [-0.39, 0.29) is 23.7 Å². The maximum atomic E-state index is 12.4. The fraction of sp³-hybridized carbons (Fsp3) is 0.929. The molecule has 0 heterocycles. The zero-order valence-electron chi connectivity index (χ0n) is 12.5. The maximum Gasteiger partial charge on any atom is 0.226 e. The summed E-state index contributed by atoms with van der Waals surface area (Å²) in [6, 6.07) is 0.333. The lowest BCUT2D eigenvalue weighted by Crippen LogP contribution is -2.45. The largest absolute Gasteiger partial charge is 0.385 e. The third-order valence-corrected chi connectivity index (χ3v) is 3.95. The first-order valence-electron chi connectivity index (χ1n) is 7.15. The molecule has 1 fully saturated rings. The second kappa shape index (κ2) is 9.56. The average Bonchev–Trinajstić information content (AvgIpc) is 2.84. The van der Waals surface area contributed by atoms with Gasteiger partial charge in [0.15, 0.2) is 0 Å². The van der Waals surface area contributed by atoms with Crippen LogP contribution in [0, 0.1) is 5.41 Å². The van der Waals surface area contributed by atoms with Gasteiger partial charge in [-0.25, -0.2) is 0 Å². The molecule has 1 saturated carbocycles. The summed E-state index contributed by atoms with van der Waals surface area (Å²) in [4.78, 5) is 12.4. The van der Waals surface area contributed by atoms with Crippen molar-refractivity contribution in [3.63, 3.8) is 0 Å². The Bertz CT molecular complexity index is 256. The molecule has 19 heavy (non-hydrogen) atoms. The van der Waals surface area contributed by atoms with Crippen LogP contribution in [0.1, 0.15) is 46.0 Å². The van der Waals surface area contributed by atoms with Gasteiger partial charge in [-0.15, -0.1) is 12.4 Å². The third-order valence-electron chi connectivity index (χ3n) is 3.95. The van der Waals surface area contributed by atoms with Gasteiger partial charge in [0.1, 0.15) is 0 Å². The minimum absolute atomic E-state index is 0. The molecule has 4 nitrogen and oxygen atoms in total. The summed E-state index contributed by atoms with van der Waals surface area (Å²) in [5.41, 5.74) is -0.165. The van der Waals surface area contributed by atoms with E-state index in [0.717, 1.165) is 25.8 Å². The normalized spacial score (nSPS) is 18.7. The minimum atomic E-state index is -0.165. The van der Waals surface area contributed by atoms with Crippen molar-refractivity contribution in [1.29, 1.82) is 0 Å². The van der Waals surface area contributed by atoms with Crippen LogP contribution in [0.3, 0.4) is 0 Å². The van der Waals surface area contributed by atoms with Crippen LogP contribution < -0.4 is 10.6 Å². The van der Waals surface area contributed by atoms with Crippen molar-refractivity contribution in [3.05, 3.63) is 0 Å². The first-order valence-corrected chi connectivity index (χ1v) is 7.15. The van der Waals surface area contributed by atoms with Gasteiger partial charge in [0.05, 0.1) is 5.41 Å². The van der Waals surface area contributed by atoms with Crippen LogP contribution in [0.25, 0.3) is 0 Å². The Morgan fingerprint density at radius 1 is 1.37 bits per heavy atom. The Morgan fingerprint density at radius 3 is 2.53 bits per heavy atom. The van der Waals surface area contributed by atoms with Gasteiger partial charge in [-0.3, -0.25) is 4.79 Å². The topological polar surface area (TPSA) is 50.4 Å². The molecule has 2 N–H and O–H groups in total. The van der Waals surface area contributed by atoms with Gasteiger partial charge in [0.2, 0.25) is 5.91 Å². The molecule has 0 unspecified atom stereocenters. The highest BCUT2D eigenvalue weighted by Crippen LogP contribution is 2.41. The van der Waals surface area contributed by atoms with Gasteiger partial charge in [-0.1, -0.05) is 19.8 Å². The molecule has 1 atom stereocenters. The number of hydrogen-bond donors (Lipinski definition) is 2. The van der Waals surface area contributed by atoms with Crippen molar-refractivity contribution in [2.45, 2.75) is 52.0 Å².